The van der Waals surface area contributed by atoms with Crippen LogP contribution in [-0.4, -0.2) is 5.11 Å². The summed E-state index contributed by atoms with van der Waals surface area (Å²) in [5, 5.41) is 10.0. The molecule has 1 aromatic rings. The minimum atomic E-state index is -1.05. The summed E-state index contributed by atoms with van der Waals surface area (Å²) < 4.78 is 25.5. The lowest BCUT2D eigenvalue weighted by Crippen LogP contribution is -2.23. The first-order chi connectivity index (χ1) is 6.53. The van der Waals surface area contributed by atoms with Gasteiger partial charge in [0.2, 0.25) is 0 Å². The van der Waals surface area contributed by atoms with Crippen LogP contribution in [0.25, 0.3) is 0 Å². The zero-order valence-electron chi connectivity index (χ0n) is 8.35. The Morgan fingerprint density at radius 1 is 1.14 bits per heavy atom. The summed E-state index contributed by atoms with van der Waals surface area (Å²) in [6.45, 7) is 3.62. The lowest BCUT2D eigenvalue weighted by Gasteiger charge is -2.25. The molecule has 0 aliphatic carbocycles. The van der Waals surface area contributed by atoms with E-state index in [9.17, 15) is 13.9 Å². The van der Waals surface area contributed by atoms with Crippen molar-refractivity contribution < 1.29 is 13.9 Å². The standard InChI is InChI=1S/C11H14F2O/c1-3-11(14,4-2)8-5-6-9(12)10(13)7-8/h5-7,14H,3-4H2,1-2H3. The highest BCUT2D eigenvalue weighted by atomic mass is 19.2. The molecule has 0 aromatic heterocycles. The third-order valence-electron chi connectivity index (χ3n) is 2.63. The molecule has 0 saturated heterocycles. The van der Waals surface area contributed by atoms with E-state index in [1.807, 2.05) is 13.8 Å². The van der Waals surface area contributed by atoms with Crippen LogP contribution in [0.5, 0.6) is 0 Å². The van der Waals surface area contributed by atoms with Gasteiger partial charge < -0.3 is 5.11 Å². The van der Waals surface area contributed by atoms with Gasteiger partial charge in [-0.25, -0.2) is 8.78 Å². The summed E-state index contributed by atoms with van der Waals surface area (Å²) in [7, 11) is 0. The molecular formula is C11H14F2O. The predicted octanol–water partition coefficient (Wildman–Crippen LogP) is 2.97. The maximum atomic E-state index is 12.9. The molecule has 0 atom stereocenters. The smallest absolute Gasteiger partial charge is 0.159 e. The van der Waals surface area contributed by atoms with Gasteiger partial charge in [0.1, 0.15) is 0 Å². The first-order valence-corrected chi connectivity index (χ1v) is 4.71. The summed E-state index contributed by atoms with van der Waals surface area (Å²) in [6.07, 6.45) is 0.961. The quantitative estimate of drug-likeness (QED) is 0.795. The Bertz CT molecular complexity index is 319. The van der Waals surface area contributed by atoms with Crippen LogP contribution in [0.2, 0.25) is 0 Å². The fourth-order valence-electron chi connectivity index (χ4n) is 1.44. The highest BCUT2D eigenvalue weighted by Crippen LogP contribution is 2.29. The summed E-state index contributed by atoms with van der Waals surface area (Å²) in [6, 6.07) is 3.52. The molecule has 0 spiro atoms. The van der Waals surface area contributed by atoms with Gasteiger partial charge in [-0.2, -0.15) is 0 Å². The van der Waals surface area contributed by atoms with E-state index in [1.54, 1.807) is 0 Å². The largest absolute Gasteiger partial charge is 0.385 e. The van der Waals surface area contributed by atoms with E-state index < -0.39 is 17.2 Å². The molecular weight excluding hydrogens is 186 g/mol. The number of aliphatic hydroxyl groups is 1. The average molecular weight is 200 g/mol. The molecule has 0 bridgehead atoms. The van der Waals surface area contributed by atoms with Crippen molar-refractivity contribution >= 4 is 0 Å². The lowest BCUT2D eigenvalue weighted by atomic mass is 9.89. The van der Waals surface area contributed by atoms with E-state index in [0.717, 1.165) is 12.1 Å². The fourth-order valence-corrected chi connectivity index (χ4v) is 1.44. The first kappa shape index (κ1) is 11.1. The van der Waals surface area contributed by atoms with E-state index in [1.165, 1.54) is 6.07 Å². The fraction of sp³-hybridized carbons (Fsp3) is 0.455. The first-order valence-electron chi connectivity index (χ1n) is 4.71. The monoisotopic (exact) mass is 200 g/mol. The topological polar surface area (TPSA) is 20.2 Å². The molecule has 1 rings (SSSR count). The third-order valence-corrected chi connectivity index (χ3v) is 2.63. The zero-order valence-corrected chi connectivity index (χ0v) is 8.35. The molecule has 0 aliphatic rings. The minimum Gasteiger partial charge on any atom is -0.385 e. The van der Waals surface area contributed by atoms with Crippen LogP contribution < -0.4 is 0 Å². The molecule has 3 heteroatoms. The number of hydrogen-bond acceptors (Lipinski definition) is 1. The van der Waals surface area contributed by atoms with E-state index in [2.05, 4.69) is 0 Å². The van der Waals surface area contributed by atoms with Crippen molar-refractivity contribution in [3.8, 4) is 0 Å². The van der Waals surface area contributed by atoms with Crippen molar-refractivity contribution in [3.05, 3.63) is 35.4 Å². The van der Waals surface area contributed by atoms with Crippen LogP contribution in [0.4, 0.5) is 8.78 Å². The van der Waals surface area contributed by atoms with Crippen molar-refractivity contribution in [1.29, 1.82) is 0 Å². The van der Waals surface area contributed by atoms with Gasteiger partial charge in [0.05, 0.1) is 5.60 Å². The summed E-state index contributed by atoms with van der Waals surface area (Å²) in [5.41, 5.74) is -0.615. The Balaban J connectivity index is 3.12. The van der Waals surface area contributed by atoms with E-state index in [-0.39, 0.29) is 0 Å². The van der Waals surface area contributed by atoms with Crippen molar-refractivity contribution in [3.63, 3.8) is 0 Å². The molecule has 1 aromatic carbocycles. The van der Waals surface area contributed by atoms with Gasteiger partial charge in [-0.3, -0.25) is 0 Å². The van der Waals surface area contributed by atoms with E-state index >= 15 is 0 Å². The molecule has 0 aliphatic heterocycles. The molecule has 78 valence electrons. The van der Waals surface area contributed by atoms with Gasteiger partial charge in [-0.15, -0.1) is 0 Å². The Morgan fingerprint density at radius 2 is 1.71 bits per heavy atom. The summed E-state index contributed by atoms with van der Waals surface area (Å²) in [5.74, 6) is -1.80. The molecule has 0 unspecified atom stereocenters. The van der Waals surface area contributed by atoms with Crippen molar-refractivity contribution in [1.82, 2.24) is 0 Å². The second kappa shape index (κ2) is 4.05. The van der Waals surface area contributed by atoms with Crippen LogP contribution in [-0.2, 0) is 5.60 Å². The average Bonchev–Trinajstić information content (AvgIpc) is 2.21. The molecule has 0 fully saturated rings. The Kier molecular flexibility index (Phi) is 3.21. The summed E-state index contributed by atoms with van der Waals surface area (Å²) in [4.78, 5) is 0. The Morgan fingerprint density at radius 3 is 2.14 bits per heavy atom. The third kappa shape index (κ3) is 1.93. The SMILES string of the molecule is CCC(O)(CC)c1ccc(F)c(F)c1. The Hall–Kier alpha value is -0.960. The maximum Gasteiger partial charge on any atom is 0.159 e. The van der Waals surface area contributed by atoms with Crippen LogP contribution >= 0.6 is 0 Å². The van der Waals surface area contributed by atoms with Crippen LogP contribution in [0.15, 0.2) is 18.2 Å². The Labute approximate surface area is 82.4 Å². The maximum absolute atomic E-state index is 12.9. The number of hydrogen-bond donors (Lipinski definition) is 1. The second-order valence-electron chi connectivity index (χ2n) is 3.37. The number of benzene rings is 1. The van der Waals surface area contributed by atoms with Gasteiger partial charge in [-0.1, -0.05) is 19.9 Å². The van der Waals surface area contributed by atoms with E-state index in [0.29, 0.717) is 18.4 Å². The highest BCUT2D eigenvalue weighted by Gasteiger charge is 2.25. The molecule has 0 radical (unpaired) electrons. The molecule has 0 heterocycles. The van der Waals surface area contributed by atoms with Crippen molar-refractivity contribution in [2.24, 2.45) is 0 Å². The summed E-state index contributed by atoms with van der Waals surface area (Å²) >= 11 is 0. The second-order valence-corrected chi connectivity index (χ2v) is 3.37. The van der Waals surface area contributed by atoms with Crippen molar-refractivity contribution in [2.75, 3.05) is 0 Å². The zero-order chi connectivity index (χ0) is 10.8. The van der Waals surface area contributed by atoms with Crippen LogP contribution in [0.1, 0.15) is 32.3 Å². The van der Waals surface area contributed by atoms with Gasteiger partial charge >= 0.3 is 0 Å². The van der Waals surface area contributed by atoms with Crippen LogP contribution in [0, 0.1) is 11.6 Å². The molecule has 0 saturated carbocycles. The van der Waals surface area contributed by atoms with E-state index in [4.69, 9.17) is 0 Å². The minimum absolute atomic E-state index is 0.432. The van der Waals surface area contributed by atoms with Gasteiger partial charge in [0, 0.05) is 0 Å². The van der Waals surface area contributed by atoms with Gasteiger partial charge in [0.15, 0.2) is 11.6 Å². The molecule has 14 heavy (non-hydrogen) atoms. The molecule has 1 N–H and O–H groups in total. The lowest BCUT2D eigenvalue weighted by molar-refractivity contribution is 0.0280. The number of rotatable bonds is 3. The highest BCUT2D eigenvalue weighted by molar-refractivity contribution is 5.23. The van der Waals surface area contributed by atoms with Gasteiger partial charge in [-0.05, 0) is 30.5 Å². The normalized spacial score (nSPS) is 11.8. The molecule has 1 nitrogen and oxygen atoms in total. The predicted molar refractivity (Wildman–Crippen MR) is 50.8 cm³/mol. The van der Waals surface area contributed by atoms with Crippen molar-refractivity contribution in [2.45, 2.75) is 32.3 Å². The van der Waals surface area contributed by atoms with Gasteiger partial charge in [0.25, 0.3) is 0 Å². The number of halogens is 2. The van der Waals surface area contributed by atoms with Crippen LogP contribution in [0.3, 0.4) is 0 Å². The molecule has 0 amide bonds.